The summed E-state index contributed by atoms with van der Waals surface area (Å²) in [6.45, 7) is 1.84. The topological polar surface area (TPSA) is 72.6 Å². The van der Waals surface area contributed by atoms with Crippen LogP contribution in [0.1, 0.15) is 11.1 Å². The van der Waals surface area contributed by atoms with Crippen LogP contribution in [0.3, 0.4) is 0 Å². The highest BCUT2D eigenvalue weighted by Gasteiger charge is 2.07. The molecule has 0 fully saturated rings. The lowest BCUT2D eigenvalue weighted by Crippen LogP contribution is -1.92. The number of hydrogen-bond acceptors (Lipinski definition) is 4. The molecule has 2 aromatic carbocycles. The van der Waals surface area contributed by atoms with E-state index in [-0.39, 0.29) is 12.3 Å². The zero-order chi connectivity index (χ0) is 13.8. The van der Waals surface area contributed by atoms with Gasteiger partial charge in [-0.1, -0.05) is 12.1 Å². The average Bonchev–Trinajstić information content (AvgIpc) is 2.39. The highest BCUT2D eigenvalue weighted by atomic mass is 16.6. The van der Waals surface area contributed by atoms with Gasteiger partial charge in [-0.25, -0.2) is 0 Å². The van der Waals surface area contributed by atoms with Crippen LogP contribution in [0.5, 0.6) is 11.5 Å². The Morgan fingerprint density at radius 2 is 1.95 bits per heavy atom. The van der Waals surface area contributed by atoms with Crippen LogP contribution in [0.2, 0.25) is 0 Å². The van der Waals surface area contributed by atoms with E-state index < -0.39 is 4.92 Å². The molecule has 0 aliphatic rings. The zero-order valence-electron chi connectivity index (χ0n) is 10.4. The molecule has 1 N–H and O–H groups in total. The molecule has 0 atom stereocenters. The Labute approximate surface area is 110 Å². The smallest absolute Gasteiger partial charge is 0.273 e. The van der Waals surface area contributed by atoms with Gasteiger partial charge in [-0.05, 0) is 36.2 Å². The lowest BCUT2D eigenvalue weighted by atomic mass is 10.1. The van der Waals surface area contributed by atoms with Gasteiger partial charge in [0.1, 0.15) is 11.5 Å². The van der Waals surface area contributed by atoms with Gasteiger partial charge in [0.25, 0.3) is 5.69 Å². The number of rotatable bonds is 4. The van der Waals surface area contributed by atoms with Gasteiger partial charge in [0.15, 0.2) is 0 Å². The Kier molecular flexibility index (Phi) is 3.77. The standard InChI is InChI=1S/C14H13NO4/c1-10-7-14(6-5-11(10)9-16)19-13-4-2-3-12(8-13)15(17)18/h2-8,16H,9H2,1H3. The van der Waals surface area contributed by atoms with E-state index in [0.29, 0.717) is 11.5 Å². The van der Waals surface area contributed by atoms with E-state index in [1.165, 1.54) is 12.1 Å². The predicted molar refractivity (Wildman–Crippen MR) is 70.3 cm³/mol. The zero-order valence-corrected chi connectivity index (χ0v) is 10.4. The molecule has 2 aromatic rings. The Morgan fingerprint density at radius 3 is 2.58 bits per heavy atom. The van der Waals surface area contributed by atoms with Crippen LogP contribution in [-0.4, -0.2) is 10.0 Å². The summed E-state index contributed by atoms with van der Waals surface area (Å²) in [6.07, 6.45) is 0. The van der Waals surface area contributed by atoms with Crippen molar-refractivity contribution in [1.82, 2.24) is 0 Å². The van der Waals surface area contributed by atoms with E-state index in [9.17, 15) is 10.1 Å². The number of nitrogens with zero attached hydrogens (tertiary/aromatic N) is 1. The first-order valence-electron chi connectivity index (χ1n) is 5.73. The van der Waals surface area contributed by atoms with Gasteiger partial charge < -0.3 is 9.84 Å². The number of aryl methyl sites for hydroxylation is 1. The second-order valence-corrected chi connectivity index (χ2v) is 4.10. The fourth-order valence-electron chi connectivity index (χ4n) is 1.71. The molecule has 0 saturated carbocycles. The van der Waals surface area contributed by atoms with Crippen molar-refractivity contribution in [2.75, 3.05) is 0 Å². The molecule has 19 heavy (non-hydrogen) atoms. The van der Waals surface area contributed by atoms with Crippen molar-refractivity contribution in [2.24, 2.45) is 0 Å². The summed E-state index contributed by atoms with van der Waals surface area (Å²) in [4.78, 5) is 10.2. The number of benzene rings is 2. The van der Waals surface area contributed by atoms with Crippen molar-refractivity contribution < 1.29 is 14.8 Å². The third kappa shape index (κ3) is 3.08. The summed E-state index contributed by atoms with van der Waals surface area (Å²) in [6, 6.07) is 11.3. The van der Waals surface area contributed by atoms with Crippen LogP contribution in [0.25, 0.3) is 0 Å². The third-order valence-corrected chi connectivity index (χ3v) is 2.75. The van der Waals surface area contributed by atoms with E-state index >= 15 is 0 Å². The quantitative estimate of drug-likeness (QED) is 0.676. The van der Waals surface area contributed by atoms with Crippen LogP contribution in [0.4, 0.5) is 5.69 Å². The molecule has 0 aliphatic heterocycles. The van der Waals surface area contributed by atoms with Crippen LogP contribution in [0.15, 0.2) is 42.5 Å². The second-order valence-electron chi connectivity index (χ2n) is 4.10. The number of nitro groups is 1. The van der Waals surface area contributed by atoms with Crippen molar-refractivity contribution in [2.45, 2.75) is 13.5 Å². The van der Waals surface area contributed by atoms with Crippen molar-refractivity contribution in [3.05, 3.63) is 63.7 Å². The van der Waals surface area contributed by atoms with E-state index in [0.717, 1.165) is 11.1 Å². The van der Waals surface area contributed by atoms with E-state index in [4.69, 9.17) is 9.84 Å². The number of non-ortho nitro benzene ring substituents is 1. The van der Waals surface area contributed by atoms with Crippen molar-refractivity contribution in [3.63, 3.8) is 0 Å². The van der Waals surface area contributed by atoms with Gasteiger partial charge in [-0.3, -0.25) is 10.1 Å². The Hall–Kier alpha value is -2.40. The van der Waals surface area contributed by atoms with Gasteiger partial charge in [0, 0.05) is 6.07 Å². The van der Waals surface area contributed by atoms with Gasteiger partial charge in [0.05, 0.1) is 17.6 Å². The lowest BCUT2D eigenvalue weighted by molar-refractivity contribution is -0.384. The van der Waals surface area contributed by atoms with E-state index in [1.54, 1.807) is 30.3 Å². The monoisotopic (exact) mass is 259 g/mol. The average molecular weight is 259 g/mol. The Bertz CT molecular complexity index is 610. The molecule has 5 heteroatoms. The van der Waals surface area contributed by atoms with Crippen LogP contribution < -0.4 is 4.74 Å². The molecular weight excluding hydrogens is 246 g/mol. The number of nitro benzene ring substituents is 1. The summed E-state index contributed by atoms with van der Waals surface area (Å²) in [5.74, 6) is 0.987. The molecule has 5 nitrogen and oxygen atoms in total. The molecule has 0 amide bonds. The maximum Gasteiger partial charge on any atom is 0.273 e. The predicted octanol–water partition coefficient (Wildman–Crippen LogP) is 3.19. The van der Waals surface area contributed by atoms with Crippen LogP contribution in [0, 0.1) is 17.0 Å². The number of ether oxygens (including phenoxy) is 1. The van der Waals surface area contributed by atoms with E-state index in [2.05, 4.69) is 0 Å². The van der Waals surface area contributed by atoms with Crippen molar-refractivity contribution >= 4 is 5.69 Å². The fourth-order valence-corrected chi connectivity index (χ4v) is 1.71. The minimum Gasteiger partial charge on any atom is -0.457 e. The highest BCUT2D eigenvalue weighted by molar-refractivity contribution is 5.42. The van der Waals surface area contributed by atoms with E-state index in [1.807, 2.05) is 6.92 Å². The molecule has 0 heterocycles. The maximum absolute atomic E-state index is 10.7. The lowest BCUT2D eigenvalue weighted by Gasteiger charge is -2.08. The number of hydrogen-bond donors (Lipinski definition) is 1. The summed E-state index contributed by atoms with van der Waals surface area (Å²) in [5, 5.41) is 19.7. The van der Waals surface area contributed by atoms with Crippen LogP contribution in [-0.2, 0) is 6.61 Å². The number of aliphatic hydroxyl groups excluding tert-OH is 1. The third-order valence-electron chi connectivity index (χ3n) is 2.75. The van der Waals surface area contributed by atoms with Crippen LogP contribution >= 0.6 is 0 Å². The highest BCUT2D eigenvalue weighted by Crippen LogP contribution is 2.26. The molecule has 0 aromatic heterocycles. The Balaban J connectivity index is 2.23. The molecule has 0 radical (unpaired) electrons. The summed E-state index contributed by atoms with van der Waals surface area (Å²) in [5.41, 5.74) is 1.72. The maximum atomic E-state index is 10.7. The molecule has 2 rings (SSSR count). The summed E-state index contributed by atoms with van der Waals surface area (Å²) < 4.78 is 5.56. The first-order valence-corrected chi connectivity index (χ1v) is 5.73. The molecule has 98 valence electrons. The largest absolute Gasteiger partial charge is 0.457 e. The van der Waals surface area contributed by atoms with Gasteiger partial charge >= 0.3 is 0 Å². The molecule has 0 unspecified atom stereocenters. The molecular formula is C14H13NO4. The van der Waals surface area contributed by atoms with Gasteiger partial charge in [0.2, 0.25) is 0 Å². The molecule has 0 bridgehead atoms. The normalized spacial score (nSPS) is 10.2. The van der Waals surface area contributed by atoms with Crippen molar-refractivity contribution in [1.29, 1.82) is 0 Å². The summed E-state index contributed by atoms with van der Waals surface area (Å²) in [7, 11) is 0. The number of aliphatic hydroxyl groups is 1. The van der Waals surface area contributed by atoms with Gasteiger partial charge in [-0.15, -0.1) is 0 Å². The summed E-state index contributed by atoms with van der Waals surface area (Å²) >= 11 is 0. The first-order chi connectivity index (χ1) is 9.10. The minimum atomic E-state index is -0.465. The Morgan fingerprint density at radius 1 is 1.21 bits per heavy atom. The minimum absolute atomic E-state index is 0.0128. The first kappa shape index (κ1) is 13.0. The fraction of sp³-hybridized carbons (Fsp3) is 0.143. The van der Waals surface area contributed by atoms with Crippen molar-refractivity contribution in [3.8, 4) is 11.5 Å². The SMILES string of the molecule is Cc1cc(Oc2cccc([N+](=O)[O-])c2)ccc1CO. The second kappa shape index (κ2) is 5.49. The molecule has 0 saturated heterocycles. The molecule has 0 aliphatic carbocycles. The van der Waals surface area contributed by atoms with Gasteiger partial charge in [-0.2, -0.15) is 0 Å². The molecule has 0 spiro atoms.